The summed E-state index contributed by atoms with van der Waals surface area (Å²) in [6, 6.07) is -0.891. The average Bonchev–Trinajstić information content (AvgIpc) is 2.64. The molecule has 0 aromatic heterocycles. The molecule has 1 amide bonds. The number of hydrogen-bond acceptors (Lipinski definition) is 4. The largest absolute Gasteiger partial charge is 1.00 e. The maximum absolute atomic E-state index is 11.9. The Morgan fingerprint density at radius 2 is 1.46 bits per heavy atom. The number of unbranched alkanes of at least 4 members (excludes halogenated alkanes) is 10. The van der Waals surface area contributed by atoms with Gasteiger partial charge in [-0.3, -0.25) is 4.79 Å². The van der Waals surface area contributed by atoms with Gasteiger partial charge < -0.3 is 21.0 Å². The minimum atomic E-state index is -1.21. The summed E-state index contributed by atoms with van der Waals surface area (Å²) < 4.78 is 0. The zero-order valence-corrected chi connectivity index (χ0v) is 20.3. The third-order valence-corrected chi connectivity index (χ3v) is 4.73. The van der Waals surface area contributed by atoms with Crippen LogP contribution in [0, 0.1) is 0 Å². The van der Waals surface area contributed by atoms with Crippen LogP contribution in [0.25, 0.3) is 0 Å². The van der Waals surface area contributed by atoms with E-state index in [-0.39, 0.29) is 35.5 Å². The van der Waals surface area contributed by atoms with E-state index in [0.29, 0.717) is 25.8 Å². The predicted molar refractivity (Wildman–Crippen MR) is 110 cm³/mol. The third kappa shape index (κ3) is 20.4. The van der Waals surface area contributed by atoms with Crippen LogP contribution in [0.4, 0.5) is 0 Å². The third-order valence-electron chi connectivity index (χ3n) is 4.73. The van der Waals surface area contributed by atoms with Crippen LogP contribution < -0.4 is 45.7 Å². The molecule has 0 spiro atoms. The van der Waals surface area contributed by atoms with Crippen LogP contribution in [-0.4, -0.2) is 24.5 Å². The van der Waals surface area contributed by atoms with Gasteiger partial charge in [-0.05, 0) is 57.9 Å². The molecule has 0 saturated heterocycles. The summed E-state index contributed by atoms with van der Waals surface area (Å²) in [6.07, 6.45) is 19.8. The molecule has 0 rings (SSSR count). The number of carboxylic acids is 1. The van der Waals surface area contributed by atoms with E-state index in [1.807, 2.05) is 0 Å². The molecule has 5 nitrogen and oxygen atoms in total. The van der Waals surface area contributed by atoms with Gasteiger partial charge in [0.05, 0.1) is 12.0 Å². The summed E-state index contributed by atoms with van der Waals surface area (Å²) >= 11 is 0. The van der Waals surface area contributed by atoms with Crippen molar-refractivity contribution in [3.05, 3.63) is 12.2 Å². The molecule has 0 heterocycles. The Morgan fingerprint density at radius 3 is 2.04 bits per heavy atom. The molecule has 0 unspecified atom stereocenters. The van der Waals surface area contributed by atoms with Crippen LogP contribution in [-0.2, 0) is 9.59 Å². The first-order valence-electron chi connectivity index (χ1n) is 11.0. The number of carbonyl (C=O) groups excluding carboxylic acids is 2. The quantitative estimate of drug-likeness (QED) is 0.187. The van der Waals surface area contributed by atoms with Gasteiger partial charge in [0.1, 0.15) is 0 Å². The van der Waals surface area contributed by atoms with Crippen LogP contribution in [0.5, 0.6) is 0 Å². The van der Waals surface area contributed by atoms with Gasteiger partial charge in [0.25, 0.3) is 0 Å². The van der Waals surface area contributed by atoms with Crippen molar-refractivity contribution >= 4 is 11.9 Å². The standard InChI is InChI=1S/C22H42N2O3.Na/c1-2-3-4-5-6-7-8-9-10-11-12-13-14-18-21(25)24-20(22(26)27)17-15-16-19-23;/h7-8,20H,2-6,9-19,23H2,1H3,(H,24,25)(H,26,27);/q;+1/p-1/b8-7-;/t20-;/m0./s1. The first-order chi connectivity index (χ1) is 13.1. The molecule has 0 aliphatic carbocycles. The Labute approximate surface area is 194 Å². The fourth-order valence-electron chi connectivity index (χ4n) is 3.01. The number of amides is 1. The molecule has 6 heteroatoms. The van der Waals surface area contributed by atoms with Gasteiger partial charge in [-0.25, -0.2) is 0 Å². The van der Waals surface area contributed by atoms with Crippen molar-refractivity contribution in [1.29, 1.82) is 0 Å². The molecule has 0 bridgehead atoms. The number of nitrogens with one attached hydrogen (secondary N) is 1. The minimum absolute atomic E-state index is 0. The number of allylic oxidation sites excluding steroid dienone is 2. The van der Waals surface area contributed by atoms with E-state index in [9.17, 15) is 14.7 Å². The number of aliphatic carboxylic acids is 1. The first kappa shape index (κ1) is 29.8. The van der Waals surface area contributed by atoms with Gasteiger partial charge in [0.2, 0.25) is 5.91 Å². The Kier molecular flexibility index (Phi) is 24.4. The van der Waals surface area contributed by atoms with Crippen molar-refractivity contribution < 1.29 is 44.3 Å². The molecule has 0 radical (unpaired) electrons. The minimum Gasteiger partial charge on any atom is -0.548 e. The van der Waals surface area contributed by atoms with Gasteiger partial charge in [-0.1, -0.05) is 57.6 Å². The first-order valence-corrected chi connectivity index (χ1v) is 11.0. The number of nitrogens with two attached hydrogens (primary N) is 1. The van der Waals surface area contributed by atoms with E-state index in [2.05, 4.69) is 24.4 Å². The molecule has 3 N–H and O–H groups in total. The zero-order valence-electron chi connectivity index (χ0n) is 18.3. The van der Waals surface area contributed by atoms with E-state index in [4.69, 9.17) is 5.73 Å². The second-order valence-electron chi connectivity index (χ2n) is 7.35. The normalized spacial score (nSPS) is 11.9. The summed E-state index contributed by atoms with van der Waals surface area (Å²) in [5, 5.41) is 13.6. The summed E-state index contributed by atoms with van der Waals surface area (Å²) in [5.41, 5.74) is 5.40. The van der Waals surface area contributed by atoms with Crippen LogP contribution in [0.2, 0.25) is 0 Å². The van der Waals surface area contributed by atoms with Crippen molar-refractivity contribution in [1.82, 2.24) is 5.32 Å². The molecule has 0 aromatic carbocycles. The molecule has 0 aromatic rings. The molecular formula is C22H41N2NaO3. The maximum atomic E-state index is 11.9. The number of hydrogen-bond donors (Lipinski definition) is 2. The Hall–Kier alpha value is -0.360. The van der Waals surface area contributed by atoms with Gasteiger partial charge in [-0.2, -0.15) is 0 Å². The second-order valence-corrected chi connectivity index (χ2v) is 7.35. The van der Waals surface area contributed by atoms with Crippen molar-refractivity contribution in [2.75, 3.05) is 6.54 Å². The molecule has 158 valence electrons. The topological polar surface area (TPSA) is 95.2 Å². The molecule has 0 aliphatic rings. The second kappa shape index (κ2) is 22.9. The Balaban J connectivity index is 0. The summed E-state index contributed by atoms with van der Waals surface area (Å²) in [4.78, 5) is 22.9. The summed E-state index contributed by atoms with van der Waals surface area (Å²) in [7, 11) is 0. The van der Waals surface area contributed by atoms with Gasteiger partial charge in [-0.15, -0.1) is 0 Å². The monoisotopic (exact) mass is 404 g/mol. The SMILES string of the molecule is CCCCCC/C=C\CCCCCCCC(=O)N[C@@H](CCCCN)C(=O)[O-].[Na+]. The van der Waals surface area contributed by atoms with E-state index < -0.39 is 12.0 Å². The smallest absolute Gasteiger partial charge is 0.548 e. The molecule has 0 saturated carbocycles. The number of carbonyl (C=O) groups is 2. The zero-order chi connectivity index (χ0) is 20.2. The summed E-state index contributed by atoms with van der Waals surface area (Å²) in [5.74, 6) is -1.40. The van der Waals surface area contributed by atoms with E-state index in [1.165, 1.54) is 44.9 Å². The van der Waals surface area contributed by atoms with Crippen LogP contribution in [0.3, 0.4) is 0 Å². The molecule has 0 aliphatic heterocycles. The maximum Gasteiger partial charge on any atom is 1.00 e. The van der Waals surface area contributed by atoms with Gasteiger partial charge >= 0.3 is 29.6 Å². The van der Waals surface area contributed by atoms with E-state index in [0.717, 1.165) is 32.1 Å². The van der Waals surface area contributed by atoms with E-state index >= 15 is 0 Å². The Morgan fingerprint density at radius 1 is 0.893 bits per heavy atom. The van der Waals surface area contributed by atoms with Crippen LogP contribution >= 0.6 is 0 Å². The fraction of sp³-hybridized carbons (Fsp3) is 0.818. The fourth-order valence-corrected chi connectivity index (χ4v) is 3.01. The predicted octanol–water partition coefficient (Wildman–Crippen LogP) is 0.611. The van der Waals surface area contributed by atoms with Crippen LogP contribution in [0.1, 0.15) is 103 Å². The van der Waals surface area contributed by atoms with Crippen molar-refractivity contribution in [2.45, 2.75) is 109 Å². The number of carboxylic acid groups (broad SMARTS) is 1. The van der Waals surface area contributed by atoms with Crippen LogP contribution in [0.15, 0.2) is 12.2 Å². The summed E-state index contributed by atoms with van der Waals surface area (Å²) in [6.45, 7) is 2.76. The van der Waals surface area contributed by atoms with Crippen molar-refractivity contribution in [3.8, 4) is 0 Å². The van der Waals surface area contributed by atoms with Gasteiger partial charge in [0.15, 0.2) is 0 Å². The van der Waals surface area contributed by atoms with Crippen molar-refractivity contribution in [3.63, 3.8) is 0 Å². The average molecular weight is 405 g/mol. The van der Waals surface area contributed by atoms with E-state index in [1.54, 1.807) is 0 Å². The molecule has 1 atom stereocenters. The Bertz CT molecular complexity index is 403. The molecule has 0 fully saturated rings. The molecular weight excluding hydrogens is 363 g/mol. The number of rotatable bonds is 19. The van der Waals surface area contributed by atoms with Crippen molar-refractivity contribution in [2.24, 2.45) is 5.73 Å². The molecule has 28 heavy (non-hydrogen) atoms. The van der Waals surface area contributed by atoms with Gasteiger partial charge in [0, 0.05) is 6.42 Å².